The summed E-state index contributed by atoms with van der Waals surface area (Å²) in [6, 6.07) is 0. The Balaban J connectivity index is 4.16. The second-order valence-corrected chi connectivity index (χ2v) is 13.3. The monoisotopic (exact) mass is 124 g/mol. The first-order chi connectivity index (χ1) is 2.24. The molecule has 0 radical (unpaired) electrons. The van der Waals surface area contributed by atoms with E-state index < -0.39 is 7.72 Å². The van der Waals surface area contributed by atoms with Gasteiger partial charge in [-0.05, 0) is 25.0 Å². The molecule has 40 valence electrons. The van der Waals surface area contributed by atoms with E-state index in [4.69, 9.17) is 11.2 Å². The predicted octanol–water partition coefficient (Wildman–Crippen LogP) is 0.657. The third-order valence-corrected chi connectivity index (χ3v) is 0. The lowest BCUT2D eigenvalue weighted by molar-refractivity contribution is 2.00. The van der Waals surface area contributed by atoms with Crippen LogP contribution >= 0.6 is 0 Å². The molecule has 0 N–H and O–H groups in total. The average molecular weight is 124 g/mol. The first-order valence-electron chi connectivity index (χ1n) is 1.80. The minimum atomic E-state index is -1.27. The van der Waals surface area contributed by atoms with E-state index in [0.717, 1.165) is 0 Å². The van der Waals surface area contributed by atoms with Crippen molar-refractivity contribution in [3.05, 3.63) is 0 Å². The Labute approximate surface area is 44.5 Å². The van der Waals surface area contributed by atoms with Crippen LogP contribution in [0.4, 0.5) is 0 Å². The van der Waals surface area contributed by atoms with Crippen LogP contribution in [0.1, 0.15) is 0 Å². The van der Waals surface area contributed by atoms with E-state index in [1.165, 1.54) is 0 Å². The molecule has 0 saturated carbocycles. The fraction of sp³-hybridized carbons (Fsp3) is 1.00. The van der Waals surface area contributed by atoms with Gasteiger partial charge in [0.05, 0.1) is 0 Å². The highest BCUT2D eigenvalue weighted by Gasteiger charge is 2.00. The van der Waals surface area contributed by atoms with Crippen molar-refractivity contribution >= 4 is 18.9 Å². The molecule has 0 aromatic carbocycles. The molecule has 0 aliphatic carbocycles. The number of hydrogen-bond acceptors (Lipinski definition) is 1. The van der Waals surface area contributed by atoms with Gasteiger partial charge >= 0.3 is 0 Å². The fourth-order valence-corrected chi connectivity index (χ4v) is 0. The summed E-state index contributed by atoms with van der Waals surface area (Å²) < 4.78 is 0. The Hall–Kier alpha value is 0.570. The minimum absolute atomic E-state index is 1.27. The van der Waals surface area contributed by atoms with Crippen LogP contribution in [-0.2, 0) is 18.9 Å². The van der Waals surface area contributed by atoms with Gasteiger partial charge in [-0.25, -0.2) is 7.72 Å². The van der Waals surface area contributed by atoms with Gasteiger partial charge in [-0.2, -0.15) is 0 Å². The summed E-state index contributed by atoms with van der Waals surface area (Å²) in [5, 5.41) is 0. The Morgan fingerprint density at radius 3 is 1.00 bits per heavy atom. The van der Waals surface area contributed by atoms with Crippen molar-refractivity contribution in [2.75, 3.05) is 25.0 Å². The highest BCUT2D eigenvalue weighted by molar-refractivity contribution is 8.50. The van der Waals surface area contributed by atoms with Crippen molar-refractivity contribution in [1.82, 2.24) is 0 Å². The molecule has 0 aromatic heterocycles. The first-order valence-corrected chi connectivity index (χ1v) is 6.40. The molecule has 0 amide bonds. The van der Waals surface area contributed by atoms with Gasteiger partial charge in [0.25, 0.3) is 0 Å². The third-order valence-electron chi connectivity index (χ3n) is 0. The summed E-state index contributed by atoms with van der Waals surface area (Å²) in [6.45, 7) is 0. The topological polar surface area (TPSA) is 0 Å². The van der Waals surface area contributed by atoms with Gasteiger partial charge in [0.2, 0.25) is 0 Å². The smallest absolute Gasteiger partial charge is 0.0300 e. The van der Waals surface area contributed by atoms with Crippen LogP contribution < -0.4 is 0 Å². The highest BCUT2D eigenvalue weighted by atomic mass is 32.9. The van der Waals surface area contributed by atoms with Crippen LogP contribution in [0.15, 0.2) is 0 Å². The molecule has 0 unspecified atom stereocenters. The van der Waals surface area contributed by atoms with Gasteiger partial charge in [-0.1, -0.05) is 11.2 Å². The van der Waals surface area contributed by atoms with Gasteiger partial charge in [-0.15, -0.1) is 0 Å². The van der Waals surface area contributed by atoms with Crippen molar-refractivity contribution < 1.29 is 0 Å². The lowest BCUT2D eigenvalue weighted by atomic mass is 11.8. The molecule has 0 rings (SSSR count). The van der Waals surface area contributed by atoms with E-state index >= 15 is 0 Å². The zero-order valence-electron chi connectivity index (χ0n) is 4.82. The molecule has 0 aromatic rings. The van der Waals surface area contributed by atoms with Gasteiger partial charge in [-0.3, -0.25) is 0 Å². The van der Waals surface area contributed by atoms with Crippen LogP contribution in [-0.4, -0.2) is 25.0 Å². The van der Waals surface area contributed by atoms with Crippen molar-refractivity contribution in [2.24, 2.45) is 0 Å². The molecular formula is C4H12S2. The van der Waals surface area contributed by atoms with E-state index in [1.807, 2.05) is 0 Å². The maximum atomic E-state index is 5.14. The van der Waals surface area contributed by atoms with Crippen LogP contribution in [0.25, 0.3) is 0 Å². The second-order valence-electron chi connectivity index (χ2n) is 3.12. The molecule has 0 fully saturated rings. The molecule has 0 spiro atoms. The lowest BCUT2D eigenvalue weighted by Gasteiger charge is -2.24. The average Bonchev–Trinajstić information content (AvgIpc) is 0.650. The molecule has 0 aliphatic heterocycles. The fourth-order valence-electron chi connectivity index (χ4n) is 0. The molecule has 0 aliphatic rings. The van der Waals surface area contributed by atoms with Crippen LogP contribution in [0, 0.1) is 0 Å². The maximum absolute atomic E-state index is 5.14. The van der Waals surface area contributed by atoms with E-state index in [1.54, 1.807) is 0 Å². The number of hydrogen-bond donors (Lipinski definition) is 0. The zero-order valence-corrected chi connectivity index (χ0v) is 6.45. The Bertz CT molecular complexity index is 83.2. The molecule has 0 bridgehead atoms. The normalized spacial score (nSPS) is 19.0. The van der Waals surface area contributed by atoms with Gasteiger partial charge in [0.15, 0.2) is 0 Å². The van der Waals surface area contributed by atoms with Gasteiger partial charge in [0.1, 0.15) is 0 Å². The van der Waals surface area contributed by atoms with Crippen LogP contribution in [0.2, 0.25) is 0 Å². The van der Waals surface area contributed by atoms with E-state index in [2.05, 4.69) is 25.0 Å². The first kappa shape index (κ1) is 6.57. The molecule has 6 heavy (non-hydrogen) atoms. The Morgan fingerprint density at radius 2 is 1.00 bits per heavy atom. The van der Waals surface area contributed by atoms with Crippen molar-refractivity contribution in [1.29, 1.82) is 0 Å². The summed E-state index contributed by atoms with van der Waals surface area (Å²) in [5.41, 5.74) is 0. The highest BCUT2D eigenvalue weighted by Crippen LogP contribution is 2.03. The minimum Gasteiger partial charge on any atom is -0.206 e. The molecule has 0 nitrogen and oxygen atoms in total. The molecule has 0 saturated heterocycles. The molecule has 0 heterocycles. The quantitative estimate of drug-likeness (QED) is 0.457. The molecule has 2 heteroatoms. The third kappa shape index (κ3) is 179. The second kappa shape index (κ2) is 1.04. The SMILES string of the molecule is CS(C)(C)(C)=S. The molecule has 0 atom stereocenters. The Kier molecular flexibility index (Phi) is 1.14. The summed E-state index contributed by atoms with van der Waals surface area (Å²) >= 11 is 5.14. The van der Waals surface area contributed by atoms with Crippen molar-refractivity contribution in [3.63, 3.8) is 0 Å². The standard InChI is InChI=1S/C4H12S2/c1-6(2,3,4)5/h1-4H3. The largest absolute Gasteiger partial charge is 0.206 e. The van der Waals surface area contributed by atoms with Crippen molar-refractivity contribution in [2.45, 2.75) is 0 Å². The summed E-state index contributed by atoms with van der Waals surface area (Å²) in [7, 11) is -1.27. The van der Waals surface area contributed by atoms with Crippen LogP contribution in [0.3, 0.4) is 0 Å². The van der Waals surface area contributed by atoms with Crippen molar-refractivity contribution in [3.8, 4) is 0 Å². The van der Waals surface area contributed by atoms with E-state index in [-0.39, 0.29) is 0 Å². The number of rotatable bonds is 0. The Morgan fingerprint density at radius 1 is 1.00 bits per heavy atom. The summed E-state index contributed by atoms with van der Waals surface area (Å²) in [4.78, 5) is 0. The maximum Gasteiger partial charge on any atom is -0.0300 e. The van der Waals surface area contributed by atoms with E-state index in [0.29, 0.717) is 0 Å². The molecular weight excluding hydrogens is 112 g/mol. The van der Waals surface area contributed by atoms with E-state index in [9.17, 15) is 0 Å². The van der Waals surface area contributed by atoms with Gasteiger partial charge in [0, 0.05) is 0 Å². The lowest BCUT2D eigenvalue weighted by Crippen LogP contribution is -2.21. The predicted molar refractivity (Wildman–Crippen MR) is 38.4 cm³/mol. The summed E-state index contributed by atoms with van der Waals surface area (Å²) in [6.07, 6.45) is 8.53. The zero-order chi connectivity index (χ0) is 5.45. The summed E-state index contributed by atoms with van der Waals surface area (Å²) in [5.74, 6) is 0. The van der Waals surface area contributed by atoms with Crippen LogP contribution in [0.5, 0.6) is 0 Å². The van der Waals surface area contributed by atoms with Gasteiger partial charge < -0.3 is 0 Å².